The molecule has 1 heterocycles. The zero-order chi connectivity index (χ0) is 19.8. The first-order valence-electron chi connectivity index (χ1n) is 9.68. The fourth-order valence-electron chi connectivity index (χ4n) is 3.37. The number of nitrogens with zero attached hydrogens (tertiary/aromatic N) is 2. The summed E-state index contributed by atoms with van der Waals surface area (Å²) in [5.41, 5.74) is 3.19. The molecule has 3 rings (SSSR count). The molecule has 2 aromatic carbocycles. The largest absolute Gasteiger partial charge is 0.392 e. The van der Waals surface area contributed by atoms with Crippen LogP contribution in [-0.4, -0.2) is 41.0 Å². The van der Waals surface area contributed by atoms with Crippen LogP contribution >= 0.6 is 11.6 Å². The van der Waals surface area contributed by atoms with Gasteiger partial charge in [-0.25, -0.2) is 0 Å². The third kappa shape index (κ3) is 6.20. The number of allylic oxidation sites excluding steroid dienone is 1. The number of benzene rings is 2. The van der Waals surface area contributed by atoms with Crippen molar-refractivity contribution in [2.75, 3.05) is 13.1 Å². The molecule has 0 aromatic heterocycles. The fourth-order valence-corrected chi connectivity index (χ4v) is 3.50. The second-order valence-corrected chi connectivity index (χ2v) is 7.61. The van der Waals surface area contributed by atoms with Crippen LogP contribution in [0, 0.1) is 0 Å². The van der Waals surface area contributed by atoms with Crippen molar-refractivity contribution in [1.29, 1.82) is 0 Å². The van der Waals surface area contributed by atoms with Gasteiger partial charge in [0.15, 0.2) is 0 Å². The molecule has 2 atom stereocenters. The van der Waals surface area contributed by atoms with Gasteiger partial charge in [0.1, 0.15) is 6.10 Å². The lowest BCUT2D eigenvalue weighted by Gasteiger charge is -2.27. The topological polar surface area (TPSA) is 45.1 Å². The van der Waals surface area contributed by atoms with Gasteiger partial charge >= 0.3 is 0 Å². The number of halogens is 1. The zero-order valence-corrected chi connectivity index (χ0v) is 16.8. The SMILES string of the molecule is C=CCC[C@H](O)CN(Cc1ccccc1)C[C@H]1CC(c2ccc(Cl)cc2)=NO1. The molecule has 28 heavy (non-hydrogen) atoms. The number of oxime groups is 1. The van der Waals surface area contributed by atoms with Crippen molar-refractivity contribution in [2.24, 2.45) is 5.16 Å². The standard InChI is InChI=1S/C23H27ClN2O2/c1-2-3-9-21(27)16-26(15-18-7-5-4-6-8-18)17-22-14-23(25-28-22)19-10-12-20(24)13-11-19/h2,4-8,10-13,21-22,27H,1,3,9,14-17H2/t21-,22+/m0/s1. The molecular formula is C23H27ClN2O2. The molecule has 0 saturated heterocycles. The minimum atomic E-state index is -0.389. The molecule has 0 unspecified atom stereocenters. The van der Waals surface area contributed by atoms with E-state index in [2.05, 4.69) is 28.8 Å². The van der Waals surface area contributed by atoms with E-state index in [0.717, 1.165) is 30.7 Å². The molecule has 4 nitrogen and oxygen atoms in total. The van der Waals surface area contributed by atoms with Gasteiger partial charge in [0.2, 0.25) is 0 Å². The maximum absolute atomic E-state index is 10.4. The predicted molar refractivity (Wildman–Crippen MR) is 115 cm³/mol. The molecule has 148 valence electrons. The highest BCUT2D eigenvalue weighted by atomic mass is 35.5. The van der Waals surface area contributed by atoms with Crippen LogP contribution in [0.2, 0.25) is 5.02 Å². The Bertz CT molecular complexity index is 777. The Kier molecular flexibility index (Phi) is 7.66. The maximum atomic E-state index is 10.4. The Labute approximate surface area is 172 Å². The molecule has 1 aliphatic rings. The average molecular weight is 399 g/mol. The van der Waals surface area contributed by atoms with Crippen molar-refractivity contribution in [1.82, 2.24) is 4.90 Å². The van der Waals surface area contributed by atoms with Crippen molar-refractivity contribution in [3.05, 3.63) is 83.4 Å². The second-order valence-electron chi connectivity index (χ2n) is 7.18. The van der Waals surface area contributed by atoms with E-state index in [0.29, 0.717) is 24.5 Å². The van der Waals surface area contributed by atoms with Gasteiger partial charge in [-0.05, 0) is 36.1 Å². The van der Waals surface area contributed by atoms with Gasteiger partial charge in [-0.3, -0.25) is 4.90 Å². The Balaban J connectivity index is 1.60. The maximum Gasteiger partial charge on any atom is 0.145 e. The van der Waals surface area contributed by atoms with E-state index in [-0.39, 0.29) is 12.2 Å². The second kappa shape index (κ2) is 10.4. The zero-order valence-electron chi connectivity index (χ0n) is 16.0. The van der Waals surface area contributed by atoms with Crippen LogP contribution in [0.1, 0.15) is 30.4 Å². The van der Waals surface area contributed by atoms with E-state index in [1.165, 1.54) is 5.56 Å². The van der Waals surface area contributed by atoms with Gasteiger partial charge < -0.3 is 9.94 Å². The molecule has 0 spiro atoms. The molecule has 0 fully saturated rings. The predicted octanol–water partition coefficient (Wildman–Crippen LogP) is 4.66. The number of aliphatic hydroxyl groups excluding tert-OH is 1. The minimum Gasteiger partial charge on any atom is -0.392 e. The minimum absolute atomic E-state index is 0.0269. The normalized spacial score (nSPS) is 17.2. The summed E-state index contributed by atoms with van der Waals surface area (Å²) in [5, 5.41) is 15.4. The number of hydrogen-bond donors (Lipinski definition) is 1. The highest BCUT2D eigenvalue weighted by Gasteiger charge is 2.25. The Morgan fingerprint density at radius 1 is 1.21 bits per heavy atom. The fraction of sp³-hybridized carbons (Fsp3) is 0.348. The van der Waals surface area contributed by atoms with Crippen molar-refractivity contribution >= 4 is 17.3 Å². The van der Waals surface area contributed by atoms with Crippen LogP contribution in [0.3, 0.4) is 0 Å². The highest BCUT2D eigenvalue weighted by Crippen LogP contribution is 2.20. The van der Waals surface area contributed by atoms with Crippen molar-refractivity contribution in [2.45, 2.75) is 38.0 Å². The number of hydrogen-bond acceptors (Lipinski definition) is 4. The van der Waals surface area contributed by atoms with Crippen LogP contribution < -0.4 is 0 Å². The van der Waals surface area contributed by atoms with E-state index < -0.39 is 0 Å². The monoisotopic (exact) mass is 398 g/mol. The summed E-state index contributed by atoms with van der Waals surface area (Å²) < 4.78 is 0. The summed E-state index contributed by atoms with van der Waals surface area (Å²) in [7, 11) is 0. The lowest BCUT2D eigenvalue weighted by molar-refractivity contribution is 0.0308. The summed E-state index contributed by atoms with van der Waals surface area (Å²) in [5.74, 6) is 0. The molecule has 0 saturated carbocycles. The number of aliphatic hydroxyl groups is 1. The van der Waals surface area contributed by atoms with Crippen LogP contribution in [-0.2, 0) is 11.4 Å². The summed E-state index contributed by atoms with van der Waals surface area (Å²) >= 11 is 5.97. The molecule has 1 N–H and O–H groups in total. The molecule has 0 bridgehead atoms. The smallest absolute Gasteiger partial charge is 0.145 e. The first-order chi connectivity index (χ1) is 13.6. The molecule has 2 aromatic rings. The van der Waals surface area contributed by atoms with E-state index in [4.69, 9.17) is 16.4 Å². The van der Waals surface area contributed by atoms with Crippen molar-refractivity contribution in [3.63, 3.8) is 0 Å². The van der Waals surface area contributed by atoms with Gasteiger partial charge in [0, 0.05) is 31.1 Å². The quantitative estimate of drug-likeness (QED) is 0.592. The summed E-state index contributed by atoms with van der Waals surface area (Å²) in [6.07, 6.45) is 3.70. The van der Waals surface area contributed by atoms with Gasteiger partial charge in [-0.2, -0.15) is 0 Å². The Morgan fingerprint density at radius 3 is 2.68 bits per heavy atom. The van der Waals surface area contributed by atoms with Crippen molar-refractivity contribution in [3.8, 4) is 0 Å². The van der Waals surface area contributed by atoms with E-state index in [1.807, 2.05) is 48.5 Å². The Hall–Kier alpha value is -2.14. The number of rotatable bonds is 10. The summed E-state index contributed by atoms with van der Waals surface area (Å²) in [4.78, 5) is 7.94. The Morgan fingerprint density at radius 2 is 1.96 bits per heavy atom. The van der Waals surface area contributed by atoms with Crippen LogP contribution in [0.5, 0.6) is 0 Å². The van der Waals surface area contributed by atoms with Gasteiger partial charge in [-0.15, -0.1) is 6.58 Å². The molecule has 1 aliphatic heterocycles. The summed E-state index contributed by atoms with van der Waals surface area (Å²) in [6.45, 7) is 5.81. The highest BCUT2D eigenvalue weighted by molar-refractivity contribution is 6.30. The first kappa shape index (κ1) is 20.6. The third-order valence-electron chi connectivity index (χ3n) is 4.79. The summed E-state index contributed by atoms with van der Waals surface area (Å²) in [6, 6.07) is 18.0. The van der Waals surface area contributed by atoms with E-state index in [9.17, 15) is 5.11 Å². The van der Waals surface area contributed by atoms with Crippen LogP contribution in [0.15, 0.2) is 72.4 Å². The van der Waals surface area contributed by atoms with Crippen LogP contribution in [0.25, 0.3) is 0 Å². The van der Waals surface area contributed by atoms with E-state index >= 15 is 0 Å². The van der Waals surface area contributed by atoms with Crippen LogP contribution in [0.4, 0.5) is 0 Å². The molecule has 5 heteroatoms. The van der Waals surface area contributed by atoms with Gasteiger partial charge in [0.05, 0.1) is 11.8 Å². The lowest BCUT2D eigenvalue weighted by Crippen LogP contribution is -2.37. The van der Waals surface area contributed by atoms with Gasteiger partial charge in [0.25, 0.3) is 0 Å². The lowest BCUT2D eigenvalue weighted by atomic mass is 10.0. The molecule has 0 aliphatic carbocycles. The van der Waals surface area contributed by atoms with Gasteiger partial charge in [-0.1, -0.05) is 65.3 Å². The molecule has 0 radical (unpaired) electrons. The first-order valence-corrected chi connectivity index (χ1v) is 10.1. The average Bonchev–Trinajstić information content (AvgIpc) is 3.16. The molecular weight excluding hydrogens is 372 g/mol. The van der Waals surface area contributed by atoms with Crippen molar-refractivity contribution < 1.29 is 9.94 Å². The third-order valence-corrected chi connectivity index (χ3v) is 5.05. The molecule has 0 amide bonds. The van der Waals surface area contributed by atoms with E-state index in [1.54, 1.807) is 0 Å².